The maximum atomic E-state index is 13.0. The van der Waals surface area contributed by atoms with E-state index < -0.39 is 6.04 Å². The van der Waals surface area contributed by atoms with E-state index in [2.05, 4.69) is 15.3 Å². The lowest BCUT2D eigenvalue weighted by Crippen LogP contribution is -2.50. The number of carbonyl (C=O) groups excluding carboxylic acids is 2. The van der Waals surface area contributed by atoms with E-state index >= 15 is 0 Å². The van der Waals surface area contributed by atoms with E-state index in [9.17, 15) is 14.4 Å². The van der Waals surface area contributed by atoms with Gasteiger partial charge in [0.15, 0.2) is 0 Å². The van der Waals surface area contributed by atoms with Gasteiger partial charge in [-0.2, -0.15) is 0 Å². The van der Waals surface area contributed by atoms with Crippen LogP contribution in [-0.4, -0.2) is 39.3 Å². The van der Waals surface area contributed by atoms with Crippen LogP contribution in [0.1, 0.15) is 41.2 Å². The minimum Gasteiger partial charge on any atom is -0.340 e. The number of rotatable bonds is 5. The number of fused-ring (bicyclic) bond motifs is 1. The van der Waals surface area contributed by atoms with Crippen LogP contribution >= 0.6 is 11.3 Å². The van der Waals surface area contributed by atoms with Crippen LogP contribution in [-0.2, 0) is 17.8 Å². The fraction of sp³-hybridized carbons (Fsp3) is 0.444. The summed E-state index contributed by atoms with van der Waals surface area (Å²) in [6.45, 7) is 4.78. The van der Waals surface area contributed by atoms with E-state index in [1.54, 1.807) is 11.0 Å². The molecule has 0 aliphatic carbocycles. The van der Waals surface area contributed by atoms with Crippen molar-refractivity contribution in [3.05, 3.63) is 50.3 Å². The van der Waals surface area contributed by atoms with Gasteiger partial charge in [-0.3, -0.25) is 14.4 Å². The fourth-order valence-corrected chi connectivity index (χ4v) is 3.73. The SMILES string of the molecule is CC(C)C[C@H](NC(=O)c1cccs1)C(=O)N1CCc2c(nc[nH]c2=O)C1. The molecule has 0 saturated heterocycles. The number of hydrogen-bond donors (Lipinski definition) is 2. The monoisotopic (exact) mass is 374 g/mol. The number of H-pyrrole nitrogens is 1. The normalized spacial score (nSPS) is 14.8. The molecule has 0 bridgehead atoms. The summed E-state index contributed by atoms with van der Waals surface area (Å²) in [7, 11) is 0. The Morgan fingerprint density at radius 3 is 2.92 bits per heavy atom. The van der Waals surface area contributed by atoms with Gasteiger partial charge in [-0.25, -0.2) is 4.98 Å². The summed E-state index contributed by atoms with van der Waals surface area (Å²) in [6.07, 6.45) is 2.39. The summed E-state index contributed by atoms with van der Waals surface area (Å²) < 4.78 is 0. The molecule has 3 rings (SSSR count). The average molecular weight is 374 g/mol. The third-order valence-electron chi connectivity index (χ3n) is 4.38. The van der Waals surface area contributed by atoms with Crippen LogP contribution < -0.4 is 10.9 Å². The van der Waals surface area contributed by atoms with Gasteiger partial charge in [0, 0.05) is 12.1 Å². The highest BCUT2D eigenvalue weighted by atomic mass is 32.1. The van der Waals surface area contributed by atoms with E-state index in [4.69, 9.17) is 0 Å². The number of nitrogens with one attached hydrogen (secondary N) is 2. The third kappa shape index (κ3) is 4.01. The van der Waals surface area contributed by atoms with Crippen molar-refractivity contribution >= 4 is 23.2 Å². The van der Waals surface area contributed by atoms with Crippen molar-refractivity contribution in [1.29, 1.82) is 0 Å². The van der Waals surface area contributed by atoms with Crippen LogP contribution in [0.3, 0.4) is 0 Å². The summed E-state index contributed by atoms with van der Waals surface area (Å²) in [6, 6.07) is 2.96. The molecular weight excluding hydrogens is 352 g/mol. The third-order valence-corrected chi connectivity index (χ3v) is 5.25. The molecule has 0 spiro atoms. The lowest BCUT2D eigenvalue weighted by molar-refractivity contribution is -0.134. The van der Waals surface area contributed by atoms with Crippen LogP contribution in [0.15, 0.2) is 28.6 Å². The Morgan fingerprint density at radius 2 is 2.23 bits per heavy atom. The summed E-state index contributed by atoms with van der Waals surface area (Å²) in [5.74, 6) is -0.104. The number of aromatic nitrogens is 2. The molecule has 2 aromatic rings. The smallest absolute Gasteiger partial charge is 0.261 e. The molecule has 3 heterocycles. The topological polar surface area (TPSA) is 95.2 Å². The predicted molar refractivity (Wildman–Crippen MR) is 99.0 cm³/mol. The van der Waals surface area contributed by atoms with E-state index in [0.29, 0.717) is 42.1 Å². The van der Waals surface area contributed by atoms with Crippen LogP contribution in [0.5, 0.6) is 0 Å². The molecule has 2 amide bonds. The van der Waals surface area contributed by atoms with E-state index in [1.165, 1.54) is 17.7 Å². The number of nitrogens with zero attached hydrogens (tertiary/aromatic N) is 2. The highest BCUT2D eigenvalue weighted by Gasteiger charge is 2.30. The Hall–Kier alpha value is -2.48. The zero-order valence-corrected chi connectivity index (χ0v) is 15.6. The number of carbonyl (C=O) groups is 2. The zero-order chi connectivity index (χ0) is 18.7. The molecule has 1 atom stereocenters. The van der Waals surface area contributed by atoms with Crippen LogP contribution in [0.25, 0.3) is 0 Å². The molecular formula is C18H22N4O3S. The highest BCUT2D eigenvalue weighted by Crippen LogP contribution is 2.17. The lowest BCUT2D eigenvalue weighted by Gasteiger charge is -2.31. The van der Waals surface area contributed by atoms with Crippen molar-refractivity contribution in [2.24, 2.45) is 5.92 Å². The van der Waals surface area contributed by atoms with Gasteiger partial charge in [0.1, 0.15) is 6.04 Å². The Bertz CT molecular complexity index is 844. The molecule has 2 N–H and O–H groups in total. The van der Waals surface area contributed by atoms with Gasteiger partial charge >= 0.3 is 0 Å². The van der Waals surface area contributed by atoms with Gasteiger partial charge in [0.25, 0.3) is 11.5 Å². The first-order chi connectivity index (χ1) is 12.5. The molecule has 0 unspecified atom stereocenters. The van der Waals surface area contributed by atoms with Crippen molar-refractivity contribution in [3.8, 4) is 0 Å². The molecule has 0 fully saturated rings. The summed E-state index contributed by atoms with van der Waals surface area (Å²) >= 11 is 1.35. The molecule has 138 valence electrons. The number of hydrogen-bond acceptors (Lipinski definition) is 5. The van der Waals surface area contributed by atoms with Crippen molar-refractivity contribution in [2.45, 2.75) is 39.3 Å². The van der Waals surface area contributed by atoms with Gasteiger partial charge in [-0.15, -0.1) is 11.3 Å². The Morgan fingerprint density at radius 1 is 1.42 bits per heavy atom. The van der Waals surface area contributed by atoms with Crippen LogP contribution in [0.2, 0.25) is 0 Å². The first kappa shape index (κ1) is 18.3. The number of aromatic amines is 1. The highest BCUT2D eigenvalue weighted by molar-refractivity contribution is 7.12. The van der Waals surface area contributed by atoms with Gasteiger partial charge < -0.3 is 15.2 Å². The number of thiophene rings is 1. The second-order valence-electron chi connectivity index (χ2n) is 6.80. The molecule has 0 aromatic carbocycles. The standard InChI is InChI=1S/C18H22N4O3S/c1-11(2)8-13(21-17(24)15-4-3-7-26-15)18(25)22-6-5-12-14(9-22)19-10-20-16(12)23/h3-4,7,10-11,13H,5-6,8-9H2,1-2H3,(H,21,24)(H,19,20,23)/t13-/m0/s1. The maximum absolute atomic E-state index is 13.0. The first-order valence-electron chi connectivity index (χ1n) is 8.64. The molecule has 1 aliphatic heterocycles. The van der Waals surface area contributed by atoms with Crippen molar-refractivity contribution in [1.82, 2.24) is 20.2 Å². The van der Waals surface area contributed by atoms with Gasteiger partial charge in [-0.1, -0.05) is 19.9 Å². The number of amides is 2. The summed E-state index contributed by atoms with van der Waals surface area (Å²) in [5.41, 5.74) is 1.12. The van der Waals surface area contributed by atoms with E-state index in [0.717, 1.165) is 0 Å². The molecule has 8 heteroatoms. The van der Waals surface area contributed by atoms with Crippen molar-refractivity contribution in [3.63, 3.8) is 0 Å². The second-order valence-corrected chi connectivity index (χ2v) is 7.75. The maximum Gasteiger partial charge on any atom is 0.261 e. The van der Waals surface area contributed by atoms with Gasteiger partial charge in [-0.05, 0) is 30.2 Å². The summed E-state index contributed by atoms with van der Waals surface area (Å²) in [4.78, 5) is 46.3. The molecule has 0 radical (unpaired) electrons. The Labute approximate surface area is 155 Å². The Kier molecular flexibility index (Phi) is 5.51. The van der Waals surface area contributed by atoms with E-state index in [-0.39, 0.29) is 23.3 Å². The molecule has 2 aromatic heterocycles. The van der Waals surface area contributed by atoms with Gasteiger partial charge in [0.2, 0.25) is 5.91 Å². The minimum atomic E-state index is -0.590. The van der Waals surface area contributed by atoms with Crippen LogP contribution in [0, 0.1) is 5.92 Å². The van der Waals surface area contributed by atoms with Gasteiger partial charge in [0.05, 0.1) is 23.4 Å². The zero-order valence-electron chi connectivity index (χ0n) is 14.8. The summed E-state index contributed by atoms with van der Waals surface area (Å²) in [5, 5.41) is 4.71. The predicted octanol–water partition coefficient (Wildman–Crippen LogP) is 1.56. The van der Waals surface area contributed by atoms with Crippen molar-refractivity contribution in [2.75, 3.05) is 6.54 Å². The fourth-order valence-electron chi connectivity index (χ4n) is 3.10. The average Bonchev–Trinajstić information content (AvgIpc) is 3.15. The van der Waals surface area contributed by atoms with Crippen molar-refractivity contribution < 1.29 is 9.59 Å². The minimum absolute atomic E-state index is 0.128. The first-order valence-corrected chi connectivity index (χ1v) is 9.52. The Balaban J connectivity index is 1.75. The van der Waals surface area contributed by atoms with Crippen LogP contribution in [0.4, 0.5) is 0 Å². The molecule has 26 heavy (non-hydrogen) atoms. The quantitative estimate of drug-likeness (QED) is 0.830. The lowest BCUT2D eigenvalue weighted by atomic mass is 10.0. The molecule has 1 aliphatic rings. The second kappa shape index (κ2) is 7.82. The molecule has 0 saturated carbocycles. The van der Waals surface area contributed by atoms with E-state index in [1.807, 2.05) is 25.3 Å². The largest absolute Gasteiger partial charge is 0.340 e. The molecule has 7 nitrogen and oxygen atoms in total.